The first-order chi connectivity index (χ1) is 13.3. The molecule has 3 atom stereocenters. The van der Waals surface area contributed by atoms with Crippen molar-refractivity contribution in [2.75, 3.05) is 7.05 Å². The summed E-state index contributed by atoms with van der Waals surface area (Å²) >= 11 is 0. The minimum atomic E-state index is -1.20. The minimum absolute atomic E-state index is 0.0153. The number of benzene rings is 1. The van der Waals surface area contributed by atoms with Crippen LogP contribution >= 0.6 is 0 Å². The lowest BCUT2D eigenvalue weighted by molar-refractivity contribution is -0.135. The Morgan fingerprint density at radius 2 is 2.14 bits per heavy atom. The summed E-state index contributed by atoms with van der Waals surface area (Å²) in [6.07, 6.45) is 2.83. The van der Waals surface area contributed by atoms with Crippen molar-refractivity contribution >= 4 is 11.7 Å². The van der Waals surface area contributed by atoms with Gasteiger partial charge in [-0.05, 0) is 43.7 Å². The van der Waals surface area contributed by atoms with Crippen molar-refractivity contribution in [3.8, 4) is 5.75 Å². The first kappa shape index (κ1) is 18.7. The van der Waals surface area contributed by atoms with Crippen molar-refractivity contribution in [1.29, 1.82) is 0 Å². The van der Waals surface area contributed by atoms with Crippen LogP contribution in [0.5, 0.6) is 5.75 Å². The van der Waals surface area contributed by atoms with Gasteiger partial charge in [0.05, 0.1) is 24.0 Å². The number of nitrogens with two attached hydrogens (primary N) is 1. The fourth-order valence-corrected chi connectivity index (χ4v) is 4.87. The van der Waals surface area contributed by atoms with Gasteiger partial charge in [-0.2, -0.15) is 0 Å². The summed E-state index contributed by atoms with van der Waals surface area (Å²) in [5.41, 5.74) is 5.50. The predicted octanol–water partition coefficient (Wildman–Crippen LogP) is 1.71. The molecule has 2 aromatic rings. The number of amides is 1. The maximum Gasteiger partial charge on any atom is 0.252 e. The number of hydrogen-bond donors (Lipinski definition) is 3. The van der Waals surface area contributed by atoms with Crippen LogP contribution in [0.15, 0.2) is 34.9 Å². The molecule has 0 bridgehead atoms. The van der Waals surface area contributed by atoms with E-state index in [0.717, 1.165) is 11.3 Å². The number of ketones is 1. The van der Waals surface area contributed by atoms with Crippen LogP contribution in [0.3, 0.4) is 0 Å². The van der Waals surface area contributed by atoms with E-state index in [2.05, 4.69) is 0 Å². The number of primary amides is 1. The number of furan rings is 1. The zero-order valence-electron chi connectivity index (χ0n) is 15.7. The van der Waals surface area contributed by atoms with Crippen molar-refractivity contribution in [2.24, 2.45) is 5.73 Å². The van der Waals surface area contributed by atoms with Crippen LogP contribution in [0.4, 0.5) is 0 Å². The second kappa shape index (κ2) is 6.76. The average Bonchev–Trinajstić information content (AvgIpc) is 3.14. The summed E-state index contributed by atoms with van der Waals surface area (Å²) in [5.74, 6) is -0.703. The van der Waals surface area contributed by atoms with Crippen molar-refractivity contribution in [3.63, 3.8) is 0 Å². The molecule has 148 valence electrons. The molecule has 28 heavy (non-hydrogen) atoms. The lowest BCUT2D eigenvalue weighted by atomic mass is 9.61. The fraction of sp³-hybridized carbons (Fsp3) is 0.429. The van der Waals surface area contributed by atoms with E-state index < -0.39 is 17.4 Å². The summed E-state index contributed by atoms with van der Waals surface area (Å²) < 4.78 is 5.44. The Balaban J connectivity index is 1.78. The van der Waals surface area contributed by atoms with E-state index in [-0.39, 0.29) is 29.6 Å². The van der Waals surface area contributed by atoms with Crippen LogP contribution in [-0.4, -0.2) is 45.5 Å². The largest absolute Gasteiger partial charge is 0.507 e. The highest BCUT2D eigenvalue weighted by atomic mass is 16.3. The third kappa shape index (κ3) is 2.91. The normalized spacial score (nSPS) is 26.8. The van der Waals surface area contributed by atoms with E-state index in [1.54, 1.807) is 12.3 Å². The molecule has 1 amide bonds. The molecule has 0 saturated heterocycles. The van der Waals surface area contributed by atoms with E-state index in [1.165, 1.54) is 6.07 Å². The summed E-state index contributed by atoms with van der Waals surface area (Å²) in [6.45, 7) is 0.515. The molecule has 7 heteroatoms. The van der Waals surface area contributed by atoms with Gasteiger partial charge in [-0.1, -0.05) is 6.07 Å². The third-order valence-electron chi connectivity index (χ3n) is 6.27. The molecule has 1 fully saturated rings. The molecule has 1 saturated carbocycles. The highest BCUT2D eigenvalue weighted by Crippen LogP contribution is 2.51. The first-order valence-corrected chi connectivity index (χ1v) is 9.42. The van der Waals surface area contributed by atoms with E-state index in [0.29, 0.717) is 31.4 Å². The Bertz CT molecular complexity index is 923. The maximum atomic E-state index is 12.2. The Morgan fingerprint density at radius 1 is 1.36 bits per heavy atom. The molecule has 1 heterocycles. The number of Topliss-reactive ketones (excluding diaryl/α,β-unsaturated/α-hetero) is 1. The Kier molecular flexibility index (Phi) is 4.51. The molecule has 4 N–H and O–H groups in total. The average molecular weight is 384 g/mol. The highest BCUT2D eigenvalue weighted by Gasteiger charge is 2.53. The number of rotatable bonds is 4. The van der Waals surface area contributed by atoms with Gasteiger partial charge in [0.2, 0.25) is 0 Å². The Labute approximate surface area is 162 Å². The van der Waals surface area contributed by atoms with Crippen molar-refractivity contribution in [3.05, 3.63) is 53.0 Å². The van der Waals surface area contributed by atoms with Crippen molar-refractivity contribution < 1.29 is 24.2 Å². The zero-order chi connectivity index (χ0) is 20.1. The van der Waals surface area contributed by atoms with Gasteiger partial charge in [0.1, 0.15) is 17.3 Å². The van der Waals surface area contributed by atoms with Crippen molar-refractivity contribution in [2.45, 2.75) is 49.8 Å². The number of aromatic hydroxyl groups is 1. The number of nitrogens with zero attached hydrogens (tertiary/aromatic N) is 1. The van der Waals surface area contributed by atoms with E-state index >= 15 is 0 Å². The van der Waals surface area contributed by atoms with Gasteiger partial charge in [-0.15, -0.1) is 0 Å². The van der Waals surface area contributed by atoms with Crippen LogP contribution < -0.4 is 5.73 Å². The molecule has 0 aliphatic heterocycles. The van der Waals surface area contributed by atoms with Gasteiger partial charge >= 0.3 is 0 Å². The minimum Gasteiger partial charge on any atom is -0.507 e. The third-order valence-corrected chi connectivity index (χ3v) is 6.27. The van der Waals surface area contributed by atoms with Crippen LogP contribution in [0.1, 0.15) is 52.4 Å². The Morgan fingerprint density at radius 3 is 2.82 bits per heavy atom. The smallest absolute Gasteiger partial charge is 0.252 e. The molecule has 2 aliphatic rings. The lowest BCUT2D eigenvalue weighted by Crippen LogP contribution is -2.60. The highest BCUT2D eigenvalue weighted by molar-refractivity contribution is 5.96. The molecule has 1 aromatic heterocycles. The first-order valence-electron chi connectivity index (χ1n) is 9.42. The maximum absolute atomic E-state index is 12.2. The zero-order valence-corrected chi connectivity index (χ0v) is 15.7. The number of likely N-dealkylation sites (N-methyl/N-ethyl adjacent to an activating group) is 1. The van der Waals surface area contributed by atoms with E-state index in [4.69, 9.17) is 10.2 Å². The Hall–Kier alpha value is -2.64. The summed E-state index contributed by atoms with van der Waals surface area (Å²) in [5, 5.41) is 22.4. The summed E-state index contributed by atoms with van der Waals surface area (Å²) in [7, 11) is 1.92. The van der Waals surface area contributed by atoms with Gasteiger partial charge in [-0.3, -0.25) is 14.5 Å². The van der Waals surface area contributed by atoms with Gasteiger partial charge in [0, 0.05) is 30.4 Å². The van der Waals surface area contributed by atoms with Gasteiger partial charge in [0.25, 0.3) is 5.91 Å². The quantitative estimate of drug-likeness (QED) is 0.739. The van der Waals surface area contributed by atoms with Crippen LogP contribution in [0.2, 0.25) is 0 Å². The number of aliphatic hydroxyl groups is 1. The van der Waals surface area contributed by atoms with Crippen LogP contribution in [-0.2, 0) is 17.8 Å². The molecular formula is C21H24N2O5. The summed E-state index contributed by atoms with van der Waals surface area (Å²) in [4.78, 5) is 25.9. The monoisotopic (exact) mass is 384 g/mol. The molecule has 7 nitrogen and oxygen atoms in total. The summed E-state index contributed by atoms with van der Waals surface area (Å²) in [6, 6.07) is 6.71. The molecule has 0 spiro atoms. The molecule has 0 radical (unpaired) electrons. The number of carbonyl (C=O) groups excluding carboxylic acids is 2. The SMILES string of the molecule is CN(Cc1ccco1)[C@@H]1Cc2ccc(C(N)=O)c(O)c2C2CC(=O)CC[C@]21O. The second-order valence-corrected chi connectivity index (χ2v) is 7.90. The number of carbonyl (C=O) groups is 2. The van der Waals surface area contributed by atoms with Gasteiger partial charge < -0.3 is 20.4 Å². The number of hydrogen-bond acceptors (Lipinski definition) is 6. The van der Waals surface area contributed by atoms with Gasteiger partial charge in [-0.25, -0.2) is 0 Å². The van der Waals surface area contributed by atoms with Crippen LogP contribution in [0.25, 0.3) is 0 Å². The second-order valence-electron chi connectivity index (χ2n) is 7.90. The molecule has 1 unspecified atom stereocenters. The molecule has 4 rings (SSSR count). The topological polar surface area (TPSA) is 117 Å². The molecular weight excluding hydrogens is 360 g/mol. The van der Waals surface area contributed by atoms with Crippen LogP contribution in [0, 0.1) is 0 Å². The fourth-order valence-electron chi connectivity index (χ4n) is 4.87. The lowest BCUT2D eigenvalue weighted by Gasteiger charge is -2.51. The standard InChI is InChI=1S/C21H24N2O5/c1-23(11-14-3-2-8-28-14)17-9-12-4-5-15(20(22)26)19(25)18(12)16-10-13(24)6-7-21(16,17)27/h2-5,8,16-17,25,27H,6-7,9-11H2,1H3,(H2,22,26)/t16?,17-,21+/m1/s1. The number of fused-ring (bicyclic) bond motifs is 3. The van der Waals surface area contributed by atoms with Gasteiger partial charge in [0.15, 0.2) is 0 Å². The molecule has 1 aromatic carbocycles. The predicted molar refractivity (Wildman–Crippen MR) is 101 cm³/mol. The molecule has 2 aliphatic carbocycles. The van der Waals surface area contributed by atoms with E-state index in [1.807, 2.05) is 24.1 Å². The van der Waals surface area contributed by atoms with E-state index in [9.17, 15) is 19.8 Å². The van der Waals surface area contributed by atoms with Crippen molar-refractivity contribution in [1.82, 2.24) is 4.90 Å². The number of phenols is 1.